The van der Waals surface area contributed by atoms with Crippen LogP contribution in [0.5, 0.6) is 0 Å². The summed E-state index contributed by atoms with van der Waals surface area (Å²) in [4.78, 5) is 17.1. The van der Waals surface area contributed by atoms with Crippen LogP contribution in [0.3, 0.4) is 0 Å². The van der Waals surface area contributed by atoms with Gasteiger partial charge in [-0.2, -0.15) is 0 Å². The molecule has 2 aliphatic carbocycles. The molecule has 2 amide bonds. The Kier molecular flexibility index (Phi) is 5.02. The number of hydrogen-bond acceptors (Lipinski definition) is 6. The molecule has 0 saturated carbocycles. The van der Waals surface area contributed by atoms with E-state index in [9.17, 15) is 19.2 Å². The van der Waals surface area contributed by atoms with Crippen LogP contribution in [0, 0.1) is 0 Å². The van der Waals surface area contributed by atoms with E-state index in [1.165, 1.54) is 6.20 Å². The minimum absolute atomic E-state index is 0.0104. The molecule has 1 aromatic carbocycles. The smallest absolute Gasteiger partial charge is 0.354 e. The molecule has 29 heavy (non-hydrogen) atoms. The van der Waals surface area contributed by atoms with Crippen molar-refractivity contribution in [2.24, 2.45) is 9.50 Å². The fourth-order valence-corrected chi connectivity index (χ4v) is 6.02. The molecule has 0 aliphatic heterocycles. The van der Waals surface area contributed by atoms with Gasteiger partial charge >= 0.3 is 6.03 Å². The number of amides is 2. The Morgan fingerprint density at radius 3 is 2.83 bits per heavy atom. The van der Waals surface area contributed by atoms with Crippen LogP contribution < -0.4 is 10.5 Å². The minimum atomic E-state index is -3.55. The van der Waals surface area contributed by atoms with Gasteiger partial charge < -0.3 is 15.5 Å². The van der Waals surface area contributed by atoms with Crippen molar-refractivity contribution in [1.82, 2.24) is 4.98 Å². The van der Waals surface area contributed by atoms with Crippen LogP contribution >= 0.6 is 11.3 Å². The number of carbonyl (C=O) groups excluding carboxylic acids is 1. The van der Waals surface area contributed by atoms with E-state index in [2.05, 4.69) is 14.7 Å². The molecule has 5 N–H and O–H groups in total. The largest absolute Gasteiger partial charge is 0.388 e. The number of nitrogens with one attached hydrogen (secondary N) is 1. The van der Waals surface area contributed by atoms with Gasteiger partial charge in [0.15, 0.2) is 9.92 Å². The number of aliphatic hydroxyl groups excluding tert-OH is 1. The summed E-state index contributed by atoms with van der Waals surface area (Å²) in [5, 5.41) is 28.9. The number of aromatic nitrogens is 1. The van der Waals surface area contributed by atoms with Crippen molar-refractivity contribution >= 4 is 33.0 Å². The van der Waals surface area contributed by atoms with E-state index in [-0.39, 0.29) is 4.34 Å². The van der Waals surface area contributed by atoms with E-state index in [0.717, 1.165) is 52.9 Å². The standard InChI is InChI=1S/C19H24N4O4S2/c1-19(2,26)15-9-21-18(28-15)29(20,27)23-17(25)22-16-11-5-3-4-10(11)8-13-12(16)6-7-14(13)24/h8-9,14,24,26H,3-7H2,1-2H3,(H3,20,22,23,25,27)/t14-,29?/m1/s1. The molecule has 8 nitrogen and oxygen atoms in total. The predicted molar refractivity (Wildman–Crippen MR) is 111 cm³/mol. The molecule has 2 aliphatic rings. The summed E-state index contributed by atoms with van der Waals surface area (Å²) in [6, 6.07) is 1.24. The Bertz CT molecular complexity index is 1110. The normalized spacial score (nSPS) is 20.1. The summed E-state index contributed by atoms with van der Waals surface area (Å²) < 4.78 is 16.5. The van der Waals surface area contributed by atoms with Gasteiger partial charge in [-0.1, -0.05) is 6.07 Å². The lowest BCUT2D eigenvalue weighted by Crippen LogP contribution is -2.19. The van der Waals surface area contributed by atoms with Gasteiger partial charge in [0.25, 0.3) is 0 Å². The van der Waals surface area contributed by atoms with Crippen molar-refractivity contribution in [1.29, 1.82) is 0 Å². The third-order valence-electron chi connectivity index (χ3n) is 5.36. The van der Waals surface area contributed by atoms with E-state index in [0.29, 0.717) is 23.4 Å². The zero-order valence-electron chi connectivity index (χ0n) is 16.3. The van der Waals surface area contributed by atoms with Gasteiger partial charge in [-0.15, -0.1) is 15.7 Å². The summed E-state index contributed by atoms with van der Waals surface area (Å²) >= 11 is 0.967. The number of urea groups is 1. The first kappa shape index (κ1) is 20.4. The van der Waals surface area contributed by atoms with Gasteiger partial charge in [-0.3, -0.25) is 0 Å². The molecular formula is C19H24N4O4S2. The highest BCUT2D eigenvalue weighted by Gasteiger charge is 2.29. The van der Waals surface area contributed by atoms with Crippen LogP contribution in [-0.4, -0.2) is 25.4 Å². The number of benzene rings is 1. The van der Waals surface area contributed by atoms with E-state index in [1.807, 2.05) is 6.07 Å². The monoisotopic (exact) mass is 436 g/mol. The Hall–Kier alpha value is -1.85. The quantitative estimate of drug-likeness (QED) is 0.586. The summed E-state index contributed by atoms with van der Waals surface area (Å²) in [6.45, 7) is 3.16. The maximum atomic E-state index is 12.8. The fourth-order valence-electron chi connectivity index (χ4n) is 3.94. The Morgan fingerprint density at radius 1 is 1.38 bits per heavy atom. The van der Waals surface area contributed by atoms with Gasteiger partial charge in [0.05, 0.1) is 16.6 Å². The fraction of sp³-hybridized carbons (Fsp3) is 0.474. The molecule has 0 fully saturated rings. The van der Waals surface area contributed by atoms with Crippen LogP contribution in [0.1, 0.15) is 59.9 Å². The minimum Gasteiger partial charge on any atom is -0.388 e. The summed E-state index contributed by atoms with van der Waals surface area (Å²) in [6.07, 6.45) is 4.87. The van der Waals surface area contributed by atoms with Gasteiger partial charge in [0.1, 0.15) is 0 Å². The molecule has 2 atom stereocenters. The SMILES string of the molecule is CC(C)(O)c1cnc(S(N)(=O)=NC(=O)Nc2c3c(cc4c2CC[C@H]4O)CCC3)s1. The molecule has 4 rings (SSSR count). The highest BCUT2D eigenvalue weighted by Crippen LogP contribution is 2.42. The van der Waals surface area contributed by atoms with Crippen molar-refractivity contribution < 1.29 is 19.2 Å². The molecule has 0 spiro atoms. The topological polar surface area (TPSA) is 138 Å². The van der Waals surface area contributed by atoms with Crippen molar-refractivity contribution in [2.45, 2.75) is 62.0 Å². The van der Waals surface area contributed by atoms with Crippen molar-refractivity contribution in [2.75, 3.05) is 5.32 Å². The van der Waals surface area contributed by atoms with Crippen molar-refractivity contribution in [3.8, 4) is 0 Å². The number of fused-ring (bicyclic) bond motifs is 2. The number of nitrogens with two attached hydrogens (primary N) is 1. The second-order valence-electron chi connectivity index (χ2n) is 8.00. The zero-order chi connectivity index (χ0) is 21.0. The van der Waals surface area contributed by atoms with Crippen molar-refractivity contribution in [3.05, 3.63) is 39.4 Å². The zero-order valence-corrected chi connectivity index (χ0v) is 17.9. The number of aryl methyl sites for hydroxylation is 1. The van der Waals surface area contributed by atoms with Gasteiger partial charge in [-0.05, 0) is 68.2 Å². The molecular weight excluding hydrogens is 412 g/mol. The number of rotatable bonds is 3. The molecule has 2 aromatic rings. The number of anilines is 1. The van der Waals surface area contributed by atoms with E-state index >= 15 is 0 Å². The highest BCUT2D eigenvalue weighted by molar-refractivity contribution is 7.93. The molecule has 1 aromatic heterocycles. The lowest BCUT2D eigenvalue weighted by atomic mass is 9.98. The maximum absolute atomic E-state index is 12.8. The first-order valence-electron chi connectivity index (χ1n) is 9.46. The molecule has 156 valence electrons. The van der Waals surface area contributed by atoms with E-state index < -0.39 is 27.7 Å². The molecule has 0 saturated heterocycles. The molecule has 10 heteroatoms. The van der Waals surface area contributed by atoms with Crippen LogP contribution in [0.15, 0.2) is 21.0 Å². The number of thiazole rings is 1. The van der Waals surface area contributed by atoms with Crippen LogP contribution in [-0.2, 0) is 34.8 Å². The van der Waals surface area contributed by atoms with Crippen LogP contribution in [0.4, 0.5) is 10.5 Å². The second-order valence-corrected chi connectivity index (χ2v) is 11.0. The van der Waals surface area contributed by atoms with E-state index in [4.69, 9.17) is 5.14 Å². The number of carbonyl (C=O) groups is 1. The molecule has 1 unspecified atom stereocenters. The highest BCUT2D eigenvalue weighted by atomic mass is 32.2. The first-order chi connectivity index (χ1) is 13.6. The third-order valence-corrected chi connectivity index (χ3v) is 8.47. The second kappa shape index (κ2) is 7.13. The van der Waals surface area contributed by atoms with Crippen molar-refractivity contribution in [3.63, 3.8) is 0 Å². The lowest BCUT2D eigenvalue weighted by Gasteiger charge is -2.15. The average molecular weight is 437 g/mol. The molecule has 0 bridgehead atoms. The number of nitrogens with zero attached hydrogens (tertiary/aromatic N) is 2. The van der Waals surface area contributed by atoms with Gasteiger partial charge in [-0.25, -0.2) is 19.1 Å². The Balaban J connectivity index is 1.66. The summed E-state index contributed by atoms with van der Waals surface area (Å²) in [7, 11) is -3.55. The predicted octanol–water partition coefficient (Wildman–Crippen LogP) is 2.77. The van der Waals surface area contributed by atoms with Gasteiger partial charge in [0.2, 0.25) is 4.34 Å². The van der Waals surface area contributed by atoms with Gasteiger partial charge in [0, 0.05) is 11.9 Å². The Morgan fingerprint density at radius 2 is 2.14 bits per heavy atom. The maximum Gasteiger partial charge on any atom is 0.354 e. The lowest BCUT2D eigenvalue weighted by molar-refractivity contribution is 0.0823. The summed E-state index contributed by atoms with van der Waals surface area (Å²) in [5.74, 6) is 0. The Labute approximate surface area is 173 Å². The van der Waals surface area contributed by atoms with Crippen LogP contribution in [0.2, 0.25) is 0 Å². The average Bonchev–Trinajstić information content (AvgIpc) is 3.33. The number of hydrogen-bond donors (Lipinski definition) is 4. The molecule has 0 radical (unpaired) electrons. The third kappa shape index (κ3) is 3.82. The summed E-state index contributed by atoms with van der Waals surface area (Å²) in [5.41, 5.74) is 3.48. The van der Waals surface area contributed by atoms with Crippen LogP contribution in [0.25, 0.3) is 0 Å². The molecule has 1 heterocycles. The first-order valence-corrected chi connectivity index (χ1v) is 11.9. The van der Waals surface area contributed by atoms with E-state index in [1.54, 1.807) is 13.8 Å². The number of aliphatic hydroxyl groups is 2.